The molecule has 0 aromatic heterocycles. The van der Waals surface area contributed by atoms with Crippen LogP contribution in [0.5, 0.6) is 0 Å². The van der Waals surface area contributed by atoms with Crippen molar-refractivity contribution in [3.8, 4) is 11.1 Å². The van der Waals surface area contributed by atoms with Crippen molar-refractivity contribution in [3.63, 3.8) is 0 Å². The summed E-state index contributed by atoms with van der Waals surface area (Å²) >= 11 is 0. The topological polar surface area (TPSA) is 3.24 Å². The lowest BCUT2D eigenvalue weighted by molar-refractivity contribution is 0.436. The molecule has 5 aromatic carbocycles. The highest BCUT2D eigenvalue weighted by Crippen LogP contribution is 2.55. The lowest BCUT2D eigenvalue weighted by Gasteiger charge is -2.34. The fraction of sp³-hybridized carbons (Fsp3) is 0.269. The van der Waals surface area contributed by atoms with E-state index < -0.39 is 0 Å². The van der Waals surface area contributed by atoms with Crippen molar-refractivity contribution in [2.75, 3.05) is 11.9 Å². The summed E-state index contributed by atoms with van der Waals surface area (Å²) in [4.78, 5) is 2.38. The fourth-order valence-corrected chi connectivity index (χ4v) is 9.22. The second kappa shape index (κ2) is 15.1. The first-order valence-electron chi connectivity index (χ1n) is 20.0. The number of fused-ring (bicyclic) bond motifs is 2. The Morgan fingerprint density at radius 1 is 0.717 bits per heavy atom. The van der Waals surface area contributed by atoms with E-state index in [2.05, 4.69) is 178 Å². The van der Waals surface area contributed by atoms with Crippen LogP contribution in [-0.4, -0.2) is 7.05 Å². The van der Waals surface area contributed by atoms with E-state index in [0.29, 0.717) is 0 Å². The van der Waals surface area contributed by atoms with Gasteiger partial charge in [0.25, 0.3) is 0 Å². The van der Waals surface area contributed by atoms with Crippen molar-refractivity contribution in [3.05, 3.63) is 185 Å². The SMILES string of the molecule is CCCCCC1(CC)C2=C(CCC=C2)c2ccc(N(C)c3ccc(C4=CC(c5ccc(C)cc5)=CC(c5cccc(-c6ccccc6)c5)C4)cc3)cc21. The largest absolute Gasteiger partial charge is 0.345 e. The molecule has 2 unspecified atom stereocenters. The molecule has 0 saturated carbocycles. The maximum Gasteiger partial charge on any atom is 0.0411 e. The van der Waals surface area contributed by atoms with Gasteiger partial charge in [0.1, 0.15) is 0 Å². The van der Waals surface area contributed by atoms with Gasteiger partial charge in [-0.05, 0) is 125 Å². The Morgan fingerprint density at radius 3 is 2.25 bits per heavy atom. The molecule has 5 aromatic rings. The minimum atomic E-state index is 0.130. The standard InChI is InChI=1S/C52H53N/c1-5-7-13-31-52(6-2)50-20-12-11-19-48(50)49-30-29-47(36-51(49)52)53(4)46-27-25-40(26-28-46)44-33-43(39-23-21-37(3)22-24-39)34-45(35-44)42-18-14-17-41(32-42)38-15-9-8-10-16-38/h8-10,12,14-18,20-30,32-34,36,45H,5-7,11,13,19,31,35H2,1-4H3. The summed E-state index contributed by atoms with van der Waals surface area (Å²) < 4.78 is 0. The molecule has 0 N–H and O–H groups in total. The number of allylic oxidation sites excluding steroid dienone is 8. The highest BCUT2D eigenvalue weighted by Gasteiger charge is 2.42. The molecule has 0 spiro atoms. The van der Waals surface area contributed by atoms with E-state index in [9.17, 15) is 0 Å². The smallest absolute Gasteiger partial charge is 0.0411 e. The number of aryl methyl sites for hydroxylation is 1. The van der Waals surface area contributed by atoms with Gasteiger partial charge in [0, 0.05) is 29.8 Å². The van der Waals surface area contributed by atoms with Gasteiger partial charge < -0.3 is 4.90 Å². The van der Waals surface area contributed by atoms with E-state index in [1.165, 1.54) is 93.6 Å². The van der Waals surface area contributed by atoms with Gasteiger partial charge in [0.05, 0.1) is 0 Å². The molecule has 3 aliphatic carbocycles. The van der Waals surface area contributed by atoms with Crippen LogP contribution in [0, 0.1) is 6.92 Å². The Balaban J connectivity index is 1.09. The number of benzene rings is 5. The average Bonchev–Trinajstić information content (AvgIpc) is 3.50. The van der Waals surface area contributed by atoms with Crippen molar-refractivity contribution in [1.82, 2.24) is 0 Å². The van der Waals surface area contributed by atoms with E-state index in [4.69, 9.17) is 0 Å². The van der Waals surface area contributed by atoms with Gasteiger partial charge in [0.2, 0.25) is 0 Å². The normalized spacial score (nSPS) is 19.1. The van der Waals surface area contributed by atoms with E-state index >= 15 is 0 Å². The van der Waals surface area contributed by atoms with Crippen LogP contribution in [0.2, 0.25) is 0 Å². The highest BCUT2D eigenvalue weighted by molar-refractivity contribution is 5.88. The van der Waals surface area contributed by atoms with Crippen molar-refractivity contribution in [2.24, 2.45) is 0 Å². The van der Waals surface area contributed by atoms with Gasteiger partial charge in [-0.25, -0.2) is 0 Å². The quantitative estimate of drug-likeness (QED) is 0.125. The number of hydrogen-bond acceptors (Lipinski definition) is 1. The Hall–Kier alpha value is -5.14. The zero-order chi connectivity index (χ0) is 36.4. The Kier molecular flexibility index (Phi) is 9.93. The zero-order valence-electron chi connectivity index (χ0n) is 32.0. The monoisotopic (exact) mass is 691 g/mol. The van der Waals surface area contributed by atoms with Gasteiger partial charge in [-0.15, -0.1) is 0 Å². The summed E-state index contributed by atoms with van der Waals surface area (Å²) in [6, 6.07) is 45.5. The third-order valence-electron chi connectivity index (χ3n) is 12.3. The summed E-state index contributed by atoms with van der Waals surface area (Å²) in [7, 11) is 2.23. The average molecular weight is 692 g/mol. The van der Waals surface area contributed by atoms with Gasteiger partial charge in [-0.3, -0.25) is 0 Å². The molecule has 0 amide bonds. The maximum atomic E-state index is 2.53. The molecule has 8 rings (SSSR count). The summed E-state index contributed by atoms with van der Waals surface area (Å²) in [5, 5.41) is 0. The third-order valence-corrected chi connectivity index (χ3v) is 12.3. The first-order chi connectivity index (χ1) is 26.0. The van der Waals surface area contributed by atoms with Crippen molar-refractivity contribution < 1.29 is 0 Å². The number of nitrogens with zero attached hydrogens (tertiary/aromatic N) is 1. The molecule has 3 aliphatic rings. The first kappa shape index (κ1) is 34.9. The predicted octanol–water partition coefficient (Wildman–Crippen LogP) is 14.4. The Labute approximate surface area is 318 Å². The molecular weight excluding hydrogens is 639 g/mol. The number of hydrogen-bond donors (Lipinski definition) is 0. The van der Waals surface area contributed by atoms with Crippen molar-refractivity contribution in [2.45, 2.75) is 83.5 Å². The molecule has 0 heterocycles. The first-order valence-corrected chi connectivity index (χ1v) is 20.0. The van der Waals surface area contributed by atoms with E-state index in [1.54, 1.807) is 16.7 Å². The zero-order valence-corrected chi connectivity index (χ0v) is 32.0. The second-order valence-electron chi connectivity index (χ2n) is 15.5. The van der Waals surface area contributed by atoms with Crippen LogP contribution in [0.4, 0.5) is 11.4 Å². The van der Waals surface area contributed by atoms with Crippen LogP contribution in [0.25, 0.3) is 27.8 Å². The maximum absolute atomic E-state index is 2.53. The van der Waals surface area contributed by atoms with Crippen LogP contribution in [0.1, 0.15) is 105 Å². The van der Waals surface area contributed by atoms with Crippen LogP contribution in [0.15, 0.2) is 151 Å². The van der Waals surface area contributed by atoms with Crippen LogP contribution < -0.4 is 4.90 Å². The molecule has 1 nitrogen and oxygen atoms in total. The predicted molar refractivity (Wildman–Crippen MR) is 229 cm³/mol. The van der Waals surface area contributed by atoms with Gasteiger partial charge in [0.15, 0.2) is 0 Å². The van der Waals surface area contributed by atoms with Crippen molar-refractivity contribution in [1.29, 1.82) is 0 Å². The molecule has 0 fully saturated rings. The van der Waals surface area contributed by atoms with E-state index in [-0.39, 0.29) is 11.3 Å². The molecule has 1 heteroatoms. The molecule has 0 radical (unpaired) electrons. The minimum absolute atomic E-state index is 0.130. The van der Waals surface area contributed by atoms with Crippen LogP contribution >= 0.6 is 0 Å². The molecule has 266 valence electrons. The van der Waals surface area contributed by atoms with Gasteiger partial charge in [-0.1, -0.05) is 160 Å². The summed E-state index contributed by atoms with van der Waals surface area (Å²) in [6.45, 7) is 6.89. The van der Waals surface area contributed by atoms with Gasteiger partial charge >= 0.3 is 0 Å². The Bertz CT molecular complexity index is 2210. The second-order valence-corrected chi connectivity index (χ2v) is 15.5. The summed E-state index contributed by atoms with van der Waals surface area (Å²) in [5.74, 6) is 0.286. The molecule has 0 bridgehead atoms. The molecule has 0 saturated heterocycles. The fourth-order valence-electron chi connectivity index (χ4n) is 9.22. The number of anilines is 2. The molecular formula is C52H53N. The Morgan fingerprint density at radius 2 is 1.47 bits per heavy atom. The summed E-state index contributed by atoms with van der Waals surface area (Å²) in [6.07, 6.45) is 19.3. The summed E-state index contributed by atoms with van der Waals surface area (Å²) in [5.41, 5.74) is 19.3. The third kappa shape index (κ3) is 6.79. The minimum Gasteiger partial charge on any atom is -0.345 e. The van der Waals surface area contributed by atoms with E-state index in [1.807, 2.05) is 0 Å². The lowest BCUT2D eigenvalue weighted by atomic mass is 9.70. The molecule has 53 heavy (non-hydrogen) atoms. The van der Waals surface area contributed by atoms with Crippen molar-refractivity contribution >= 4 is 28.1 Å². The highest BCUT2D eigenvalue weighted by atomic mass is 15.1. The van der Waals surface area contributed by atoms with E-state index in [0.717, 1.165) is 19.3 Å². The number of unbranched alkanes of at least 4 members (excludes halogenated alkanes) is 2. The number of rotatable bonds is 11. The van der Waals surface area contributed by atoms with Crippen LogP contribution in [-0.2, 0) is 5.41 Å². The van der Waals surface area contributed by atoms with Gasteiger partial charge in [-0.2, -0.15) is 0 Å². The molecule has 0 aliphatic heterocycles. The van der Waals surface area contributed by atoms with Crippen LogP contribution in [0.3, 0.4) is 0 Å². The molecule has 2 atom stereocenters. The lowest BCUT2D eigenvalue weighted by Crippen LogP contribution is -2.26.